The number of nitrogens with one attached hydrogen (secondary N) is 1. The standard InChI is InChI=1S/C22H25N/c1-4-5-10-21(23)22-19-9-7-6-8-17(19)12-14-20(22)18-13-11-15(2)16(18)3/h6-9,11-12,14,23H,4-5,10,13H2,1-3H3. The van der Waals surface area contributed by atoms with E-state index in [0.717, 1.165) is 37.0 Å². The van der Waals surface area contributed by atoms with Gasteiger partial charge >= 0.3 is 0 Å². The molecule has 1 N–H and O–H groups in total. The van der Waals surface area contributed by atoms with Gasteiger partial charge in [0.05, 0.1) is 0 Å². The van der Waals surface area contributed by atoms with E-state index in [0.29, 0.717) is 0 Å². The largest absolute Gasteiger partial charge is 0.305 e. The number of allylic oxidation sites excluding steroid dienone is 4. The Bertz CT molecular complexity index is 821. The predicted octanol–water partition coefficient (Wildman–Crippen LogP) is 6.52. The quantitative estimate of drug-likeness (QED) is 0.608. The van der Waals surface area contributed by atoms with Crippen LogP contribution in [-0.2, 0) is 0 Å². The van der Waals surface area contributed by atoms with Crippen LogP contribution < -0.4 is 0 Å². The minimum absolute atomic E-state index is 0.781. The highest BCUT2D eigenvalue weighted by atomic mass is 14.4. The van der Waals surface area contributed by atoms with Gasteiger partial charge < -0.3 is 5.41 Å². The molecule has 0 heterocycles. The van der Waals surface area contributed by atoms with Crippen LogP contribution in [0.2, 0.25) is 0 Å². The summed E-state index contributed by atoms with van der Waals surface area (Å²) in [5.74, 6) is 0. The van der Waals surface area contributed by atoms with Crippen molar-refractivity contribution in [2.45, 2.75) is 46.5 Å². The van der Waals surface area contributed by atoms with Crippen LogP contribution in [0, 0.1) is 5.41 Å². The van der Waals surface area contributed by atoms with E-state index >= 15 is 0 Å². The minimum atomic E-state index is 0.781. The lowest BCUT2D eigenvalue weighted by Gasteiger charge is -2.16. The summed E-state index contributed by atoms with van der Waals surface area (Å²) in [6.07, 6.45) is 6.36. The van der Waals surface area contributed by atoms with Crippen molar-refractivity contribution in [3.05, 3.63) is 64.7 Å². The molecule has 0 fully saturated rings. The Balaban J connectivity index is 2.20. The Morgan fingerprint density at radius 2 is 1.87 bits per heavy atom. The number of hydrogen-bond donors (Lipinski definition) is 1. The molecule has 0 atom stereocenters. The predicted molar refractivity (Wildman–Crippen MR) is 101 cm³/mol. The lowest BCUT2D eigenvalue weighted by atomic mass is 9.88. The molecule has 1 aliphatic rings. The number of hydrogen-bond acceptors (Lipinski definition) is 1. The van der Waals surface area contributed by atoms with Crippen molar-refractivity contribution in [3.8, 4) is 0 Å². The van der Waals surface area contributed by atoms with Gasteiger partial charge in [-0.05, 0) is 60.6 Å². The van der Waals surface area contributed by atoms with Gasteiger partial charge in [0, 0.05) is 11.3 Å². The smallest absolute Gasteiger partial charge is 0.0398 e. The average Bonchev–Trinajstić information content (AvgIpc) is 2.91. The fraction of sp³-hybridized carbons (Fsp3) is 0.318. The molecule has 0 radical (unpaired) electrons. The van der Waals surface area contributed by atoms with Crippen molar-refractivity contribution in [1.29, 1.82) is 5.41 Å². The Morgan fingerprint density at radius 3 is 2.57 bits per heavy atom. The SMILES string of the molecule is CCCCC(=N)c1c(C2=C(C)C(C)=CC2)ccc2ccccc12. The van der Waals surface area contributed by atoms with Gasteiger partial charge in [0.25, 0.3) is 0 Å². The first-order chi connectivity index (χ1) is 11.1. The van der Waals surface area contributed by atoms with E-state index in [9.17, 15) is 0 Å². The summed E-state index contributed by atoms with van der Waals surface area (Å²) in [6.45, 7) is 6.59. The Kier molecular flexibility index (Phi) is 4.47. The first kappa shape index (κ1) is 15.7. The maximum atomic E-state index is 8.70. The summed E-state index contributed by atoms with van der Waals surface area (Å²) >= 11 is 0. The maximum Gasteiger partial charge on any atom is 0.0398 e. The summed E-state index contributed by atoms with van der Waals surface area (Å²) < 4.78 is 0. The molecule has 0 aliphatic heterocycles. The molecule has 1 aliphatic carbocycles. The molecule has 2 aromatic rings. The van der Waals surface area contributed by atoms with E-state index in [2.05, 4.69) is 63.2 Å². The monoisotopic (exact) mass is 303 g/mol. The lowest BCUT2D eigenvalue weighted by molar-refractivity contribution is 0.833. The molecule has 3 rings (SSSR count). The molecule has 2 aromatic carbocycles. The molecule has 23 heavy (non-hydrogen) atoms. The highest BCUT2D eigenvalue weighted by Crippen LogP contribution is 2.37. The molecule has 0 unspecified atom stereocenters. The molecule has 1 nitrogen and oxygen atoms in total. The summed E-state index contributed by atoms with van der Waals surface area (Å²) in [6, 6.07) is 12.9. The van der Waals surface area contributed by atoms with Gasteiger partial charge in [-0.15, -0.1) is 0 Å². The van der Waals surface area contributed by atoms with Crippen LogP contribution in [0.5, 0.6) is 0 Å². The van der Waals surface area contributed by atoms with Crippen LogP contribution >= 0.6 is 0 Å². The third-order valence-corrected chi connectivity index (χ3v) is 4.99. The van der Waals surface area contributed by atoms with Crippen LogP contribution in [0.15, 0.2) is 53.6 Å². The minimum Gasteiger partial charge on any atom is -0.305 e. The molecule has 0 bridgehead atoms. The molecule has 0 spiro atoms. The zero-order chi connectivity index (χ0) is 16.4. The van der Waals surface area contributed by atoms with Crippen LogP contribution in [0.4, 0.5) is 0 Å². The molecule has 0 saturated carbocycles. The molecule has 118 valence electrons. The second-order valence-electron chi connectivity index (χ2n) is 6.49. The van der Waals surface area contributed by atoms with Crippen LogP contribution in [0.3, 0.4) is 0 Å². The van der Waals surface area contributed by atoms with E-state index in [1.54, 1.807) is 0 Å². The lowest BCUT2D eigenvalue weighted by Crippen LogP contribution is -2.05. The number of fused-ring (bicyclic) bond motifs is 1. The third kappa shape index (κ3) is 2.88. The molecular weight excluding hydrogens is 278 g/mol. The van der Waals surface area contributed by atoms with E-state index in [1.165, 1.54) is 33.1 Å². The van der Waals surface area contributed by atoms with Crippen molar-refractivity contribution in [1.82, 2.24) is 0 Å². The zero-order valence-corrected chi connectivity index (χ0v) is 14.4. The van der Waals surface area contributed by atoms with Gasteiger partial charge in [-0.3, -0.25) is 0 Å². The zero-order valence-electron chi connectivity index (χ0n) is 14.4. The van der Waals surface area contributed by atoms with Gasteiger partial charge in [0.1, 0.15) is 0 Å². The van der Waals surface area contributed by atoms with Crippen LogP contribution in [-0.4, -0.2) is 5.71 Å². The second-order valence-corrected chi connectivity index (χ2v) is 6.49. The van der Waals surface area contributed by atoms with Gasteiger partial charge in [0.15, 0.2) is 0 Å². The fourth-order valence-corrected chi connectivity index (χ4v) is 3.44. The molecule has 1 heteroatoms. The van der Waals surface area contributed by atoms with Crippen LogP contribution in [0.25, 0.3) is 16.3 Å². The van der Waals surface area contributed by atoms with Gasteiger partial charge in [-0.1, -0.05) is 61.4 Å². The highest BCUT2D eigenvalue weighted by molar-refractivity contribution is 6.13. The number of rotatable bonds is 5. The van der Waals surface area contributed by atoms with E-state index in [-0.39, 0.29) is 0 Å². The average molecular weight is 303 g/mol. The van der Waals surface area contributed by atoms with Crippen LogP contribution in [0.1, 0.15) is 57.6 Å². The highest BCUT2D eigenvalue weighted by Gasteiger charge is 2.19. The number of unbranched alkanes of at least 4 members (excludes halogenated alkanes) is 1. The van der Waals surface area contributed by atoms with Crippen molar-refractivity contribution in [2.75, 3.05) is 0 Å². The molecule has 0 aromatic heterocycles. The van der Waals surface area contributed by atoms with Crippen molar-refractivity contribution in [2.24, 2.45) is 0 Å². The second kappa shape index (κ2) is 6.54. The Morgan fingerprint density at radius 1 is 1.09 bits per heavy atom. The Labute approximate surface area is 139 Å². The third-order valence-electron chi connectivity index (χ3n) is 4.99. The molecule has 0 amide bonds. The summed E-state index contributed by atoms with van der Waals surface area (Å²) in [5, 5.41) is 11.1. The summed E-state index contributed by atoms with van der Waals surface area (Å²) in [4.78, 5) is 0. The van der Waals surface area contributed by atoms with Crippen molar-refractivity contribution in [3.63, 3.8) is 0 Å². The van der Waals surface area contributed by atoms with E-state index in [1.807, 2.05) is 0 Å². The van der Waals surface area contributed by atoms with Crippen molar-refractivity contribution >= 4 is 22.1 Å². The molecular formula is C22H25N. The topological polar surface area (TPSA) is 23.9 Å². The number of benzene rings is 2. The first-order valence-corrected chi connectivity index (χ1v) is 8.60. The van der Waals surface area contributed by atoms with Gasteiger partial charge in [-0.25, -0.2) is 0 Å². The van der Waals surface area contributed by atoms with E-state index < -0.39 is 0 Å². The van der Waals surface area contributed by atoms with Gasteiger partial charge in [-0.2, -0.15) is 0 Å². The summed E-state index contributed by atoms with van der Waals surface area (Å²) in [5.41, 5.74) is 7.33. The van der Waals surface area contributed by atoms with E-state index in [4.69, 9.17) is 5.41 Å². The Hall–Kier alpha value is -2.15. The van der Waals surface area contributed by atoms with Gasteiger partial charge in [0.2, 0.25) is 0 Å². The maximum absolute atomic E-state index is 8.70. The summed E-state index contributed by atoms with van der Waals surface area (Å²) in [7, 11) is 0. The van der Waals surface area contributed by atoms with Crippen molar-refractivity contribution < 1.29 is 0 Å². The first-order valence-electron chi connectivity index (χ1n) is 8.60. The normalized spacial score (nSPS) is 14.5. The fourth-order valence-electron chi connectivity index (χ4n) is 3.44. The molecule has 0 saturated heterocycles.